The number of carbonyl (C=O) groups excluding carboxylic acids is 1. The summed E-state index contributed by atoms with van der Waals surface area (Å²) in [5.74, 6) is -0.358. The first kappa shape index (κ1) is 17.9. The second kappa shape index (κ2) is 7.56. The summed E-state index contributed by atoms with van der Waals surface area (Å²) in [6.45, 7) is 8.31. The number of nitrogens with one attached hydrogen (secondary N) is 1. The molecule has 3 rings (SSSR count). The SMILES string of the molecule is CCOC(=O)c1cnc2c(C)cc(C)cc2c1NC(C)c1ccccc1. The number of ether oxygens (including phenoxy) is 1. The van der Waals surface area contributed by atoms with Gasteiger partial charge >= 0.3 is 5.97 Å². The fourth-order valence-corrected chi connectivity index (χ4v) is 3.22. The topological polar surface area (TPSA) is 51.2 Å². The van der Waals surface area contributed by atoms with Crippen LogP contribution in [-0.4, -0.2) is 17.6 Å². The van der Waals surface area contributed by atoms with Crippen molar-refractivity contribution in [3.63, 3.8) is 0 Å². The second-order valence-electron chi connectivity index (χ2n) is 6.52. The lowest BCUT2D eigenvalue weighted by Crippen LogP contribution is -2.14. The van der Waals surface area contributed by atoms with E-state index in [9.17, 15) is 4.79 Å². The molecule has 0 radical (unpaired) electrons. The number of esters is 1. The van der Waals surface area contributed by atoms with Crippen molar-refractivity contribution in [3.8, 4) is 0 Å². The number of anilines is 1. The summed E-state index contributed by atoms with van der Waals surface area (Å²) >= 11 is 0. The van der Waals surface area contributed by atoms with E-state index in [4.69, 9.17) is 4.74 Å². The van der Waals surface area contributed by atoms with Crippen LogP contribution in [0.5, 0.6) is 0 Å². The van der Waals surface area contributed by atoms with Crippen molar-refractivity contribution in [2.24, 2.45) is 0 Å². The van der Waals surface area contributed by atoms with Crippen LogP contribution in [0.2, 0.25) is 0 Å². The van der Waals surface area contributed by atoms with Crippen molar-refractivity contribution in [2.75, 3.05) is 11.9 Å². The number of benzene rings is 2. The number of aromatic nitrogens is 1. The molecule has 1 unspecified atom stereocenters. The van der Waals surface area contributed by atoms with Crippen LogP contribution in [0.4, 0.5) is 5.69 Å². The van der Waals surface area contributed by atoms with Gasteiger partial charge in [0.1, 0.15) is 5.56 Å². The quantitative estimate of drug-likeness (QED) is 0.644. The van der Waals surface area contributed by atoms with E-state index in [0.717, 1.165) is 33.3 Å². The molecule has 134 valence electrons. The van der Waals surface area contributed by atoms with Gasteiger partial charge in [0.2, 0.25) is 0 Å². The molecule has 4 heteroatoms. The third kappa shape index (κ3) is 3.54. The van der Waals surface area contributed by atoms with Crippen molar-refractivity contribution < 1.29 is 9.53 Å². The van der Waals surface area contributed by atoms with E-state index >= 15 is 0 Å². The highest BCUT2D eigenvalue weighted by Crippen LogP contribution is 2.32. The van der Waals surface area contributed by atoms with Crippen LogP contribution in [0.1, 0.15) is 46.9 Å². The van der Waals surface area contributed by atoms with Gasteiger partial charge in [0.05, 0.1) is 17.8 Å². The number of aryl methyl sites for hydroxylation is 2. The van der Waals surface area contributed by atoms with Crippen molar-refractivity contribution >= 4 is 22.6 Å². The van der Waals surface area contributed by atoms with Gasteiger partial charge in [0.25, 0.3) is 0 Å². The molecule has 1 N–H and O–H groups in total. The van der Waals surface area contributed by atoms with Crippen LogP contribution in [-0.2, 0) is 4.74 Å². The first-order chi connectivity index (χ1) is 12.5. The largest absolute Gasteiger partial charge is 0.462 e. The Hall–Kier alpha value is -2.88. The standard InChI is InChI=1S/C22H24N2O2/c1-5-26-22(25)19-13-23-20-15(3)11-14(2)12-18(20)21(19)24-16(4)17-9-7-6-8-10-17/h6-13,16H,5H2,1-4H3,(H,23,24). The van der Waals surface area contributed by atoms with Gasteiger partial charge in [-0.05, 0) is 44.9 Å². The zero-order valence-electron chi connectivity index (χ0n) is 15.7. The van der Waals surface area contributed by atoms with Gasteiger partial charge in [0, 0.05) is 17.6 Å². The summed E-state index contributed by atoms with van der Waals surface area (Å²) in [5.41, 5.74) is 5.51. The molecule has 0 aliphatic rings. The predicted molar refractivity (Wildman–Crippen MR) is 106 cm³/mol. The Labute approximate surface area is 154 Å². The molecule has 26 heavy (non-hydrogen) atoms. The Morgan fingerprint density at radius 1 is 1.19 bits per heavy atom. The lowest BCUT2D eigenvalue weighted by atomic mass is 10.0. The maximum Gasteiger partial charge on any atom is 0.341 e. The Morgan fingerprint density at radius 3 is 2.62 bits per heavy atom. The number of fused-ring (bicyclic) bond motifs is 1. The Balaban J connectivity index is 2.15. The van der Waals surface area contributed by atoms with Gasteiger partial charge in [-0.15, -0.1) is 0 Å². The highest BCUT2D eigenvalue weighted by molar-refractivity contribution is 6.05. The van der Waals surface area contributed by atoms with Crippen LogP contribution in [0, 0.1) is 13.8 Å². The Morgan fingerprint density at radius 2 is 1.92 bits per heavy atom. The molecule has 1 atom stereocenters. The summed E-state index contributed by atoms with van der Waals surface area (Å²) in [4.78, 5) is 17.0. The molecule has 1 heterocycles. The van der Waals surface area contributed by atoms with Gasteiger partial charge in [0.15, 0.2) is 0 Å². The zero-order chi connectivity index (χ0) is 18.7. The third-order valence-corrected chi connectivity index (χ3v) is 4.46. The number of hydrogen-bond donors (Lipinski definition) is 1. The van der Waals surface area contributed by atoms with Crippen LogP contribution >= 0.6 is 0 Å². The fourth-order valence-electron chi connectivity index (χ4n) is 3.22. The Bertz CT molecular complexity index is 936. The van der Waals surface area contributed by atoms with E-state index < -0.39 is 0 Å². The van der Waals surface area contributed by atoms with Gasteiger partial charge in [-0.3, -0.25) is 4.98 Å². The van der Waals surface area contributed by atoms with Gasteiger partial charge in [-0.25, -0.2) is 4.79 Å². The Kier molecular flexibility index (Phi) is 5.21. The zero-order valence-corrected chi connectivity index (χ0v) is 15.7. The number of hydrogen-bond acceptors (Lipinski definition) is 4. The monoisotopic (exact) mass is 348 g/mol. The first-order valence-electron chi connectivity index (χ1n) is 8.89. The molecule has 0 saturated carbocycles. The van der Waals surface area contributed by atoms with E-state index in [1.54, 1.807) is 13.1 Å². The molecule has 2 aromatic carbocycles. The molecule has 4 nitrogen and oxygen atoms in total. The van der Waals surface area contributed by atoms with E-state index in [0.29, 0.717) is 12.2 Å². The molecule has 0 aliphatic carbocycles. The van der Waals surface area contributed by atoms with Crippen LogP contribution in [0.15, 0.2) is 48.7 Å². The minimum absolute atomic E-state index is 0.0378. The minimum Gasteiger partial charge on any atom is -0.462 e. The average molecular weight is 348 g/mol. The van der Waals surface area contributed by atoms with Crippen LogP contribution in [0.3, 0.4) is 0 Å². The molecular formula is C22H24N2O2. The van der Waals surface area contributed by atoms with E-state index in [-0.39, 0.29) is 12.0 Å². The molecule has 1 aromatic heterocycles. The van der Waals surface area contributed by atoms with E-state index in [2.05, 4.69) is 41.5 Å². The predicted octanol–water partition coefficient (Wildman–Crippen LogP) is 5.20. The summed E-state index contributed by atoms with van der Waals surface area (Å²) in [6, 6.07) is 14.4. The number of carbonyl (C=O) groups is 1. The number of pyridine rings is 1. The maximum absolute atomic E-state index is 12.5. The molecule has 0 spiro atoms. The molecule has 0 bridgehead atoms. The molecule has 0 saturated heterocycles. The van der Waals surface area contributed by atoms with Crippen molar-refractivity contribution in [3.05, 3.63) is 70.9 Å². The molecule has 0 amide bonds. The second-order valence-corrected chi connectivity index (χ2v) is 6.52. The van der Waals surface area contributed by atoms with Crippen molar-refractivity contribution in [1.82, 2.24) is 4.98 Å². The number of rotatable bonds is 5. The smallest absolute Gasteiger partial charge is 0.341 e. The maximum atomic E-state index is 12.5. The van der Waals surface area contributed by atoms with Crippen molar-refractivity contribution in [1.29, 1.82) is 0 Å². The van der Waals surface area contributed by atoms with Gasteiger partial charge in [-0.1, -0.05) is 42.0 Å². The lowest BCUT2D eigenvalue weighted by molar-refractivity contribution is 0.0527. The van der Waals surface area contributed by atoms with Gasteiger partial charge < -0.3 is 10.1 Å². The third-order valence-electron chi connectivity index (χ3n) is 4.46. The molecular weight excluding hydrogens is 324 g/mol. The molecule has 0 aliphatic heterocycles. The highest BCUT2D eigenvalue weighted by Gasteiger charge is 2.19. The fraction of sp³-hybridized carbons (Fsp3) is 0.273. The van der Waals surface area contributed by atoms with Crippen LogP contribution in [0.25, 0.3) is 10.9 Å². The van der Waals surface area contributed by atoms with Crippen molar-refractivity contribution in [2.45, 2.75) is 33.7 Å². The normalized spacial score (nSPS) is 12.0. The van der Waals surface area contributed by atoms with E-state index in [1.807, 2.05) is 32.0 Å². The summed E-state index contributed by atoms with van der Waals surface area (Å²) in [6.07, 6.45) is 1.61. The van der Waals surface area contributed by atoms with Gasteiger partial charge in [-0.2, -0.15) is 0 Å². The summed E-state index contributed by atoms with van der Waals surface area (Å²) in [7, 11) is 0. The summed E-state index contributed by atoms with van der Waals surface area (Å²) in [5, 5.41) is 4.46. The average Bonchev–Trinajstić information content (AvgIpc) is 2.63. The minimum atomic E-state index is -0.358. The lowest BCUT2D eigenvalue weighted by Gasteiger charge is -2.20. The first-order valence-corrected chi connectivity index (χ1v) is 8.89. The van der Waals surface area contributed by atoms with Crippen LogP contribution < -0.4 is 5.32 Å². The van der Waals surface area contributed by atoms with E-state index in [1.165, 1.54) is 0 Å². The highest BCUT2D eigenvalue weighted by atomic mass is 16.5. The number of nitrogens with zero attached hydrogens (tertiary/aromatic N) is 1. The summed E-state index contributed by atoms with van der Waals surface area (Å²) < 4.78 is 5.25. The molecule has 0 fully saturated rings. The molecule has 3 aromatic rings.